The number of amides is 1. The minimum Gasteiger partial charge on any atom is -0.393 e. The summed E-state index contributed by atoms with van der Waals surface area (Å²) in [6.07, 6.45) is 4.31. The Morgan fingerprint density at radius 3 is 2.40 bits per heavy atom. The molecule has 0 saturated carbocycles. The van der Waals surface area contributed by atoms with Crippen LogP contribution in [0.3, 0.4) is 0 Å². The first kappa shape index (κ1) is 16.1. The summed E-state index contributed by atoms with van der Waals surface area (Å²) >= 11 is 0. The predicted octanol–water partition coefficient (Wildman–Crippen LogP) is 2.09. The van der Waals surface area contributed by atoms with E-state index in [-0.39, 0.29) is 23.2 Å². The van der Waals surface area contributed by atoms with Crippen molar-refractivity contribution in [3.05, 3.63) is 66.5 Å². The molecule has 0 bridgehead atoms. The summed E-state index contributed by atoms with van der Waals surface area (Å²) in [4.78, 5) is 23.9. The van der Waals surface area contributed by atoms with Gasteiger partial charge in [-0.05, 0) is 36.4 Å². The Labute approximate surface area is 142 Å². The number of nitrogen functional groups attached to an aromatic ring is 1. The topological polar surface area (TPSA) is 118 Å². The van der Waals surface area contributed by atoms with Gasteiger partial charge in [0.15, 0.2) is 11.6 Å². The van der Waals surface area contributed by atoms with Crippen LogP contribution in [0.5, 0.6) is 0 Å². The maximum atomic E-state index is 13.0. The molecule has 0 aliphatic carbocycles. The van der Waals surface area contributed by atoms with Crippen molar-refractivity contribution < 1.29 is 9.18 Å². The van der Waals surface area contributed by atoms with E-state index in [0.29, 0.717) is 17.1 Å². The number of nitrogens with one attached hydrogen (secondary N) is 3. The molecule has 1 amide bonds. The number of rotatable bonds is 5. The number of benzene rings is 1. The maximum absolute atomic E-state index is 13.0. The molecule has 0 fully saturated rings. The van der Waals surface area contributed by atoms with Crippen LogP contribution in [0, 0.1) is 5.82 Å². The second-order valence-electron chi connectivity index (χ2n) is 4.93. The molecule has 0 aliphatic heterocycles. The lowest BCUT2D eigenvalue weighted by Gasteiger charge is -2.13. The summed E-state index contributed by atoms with van der Waals surface area (Å²) in [7, 11) is 0. The number of anilines is 4. The van der Waals surface area contributed by atoms with Crippen LogP contribution in [-0.2, 0) is 0 Å². The molecule has 1 aromatic carbocycles. The predicted molar refractivity (Wildman–Crippen MR) is 91.5 cm³/mol. The van der Waals surface area contributed by atoms with Crippen molar-refractivity contribution in [1.29, 1.82) is 0 Å². The van der Waals surface area contributed by atoms with Crippen LogP contribution in [0.25, 0.3) is 0 Å². The first-order chi connectivity index (χ1) is 12.1. The normalized spacial score (nSPS) is 10.1. The Morgan fingerprint density at radius 2 is 1.68 bits per heavy atom. The van der Waals surface area contributed by atoms with Gasteiger partial charge in [-0.25, -0.2) is 14.4 Å². The quantitative estimate of drug-likeness (QED) is 0.526. The molecule has 3 aromatic rings. The lowest BCUT2D eigenvalue weighted by molar-refractivity contribution is 0.0962. The van der Waals surface area contributed by atoms with Gasteiger partial charge in [-0.15, -0.1) is 0 Å². The molecule has 8 nitrogen and oxygen atoms in total. The molecule has 25 heavy (non-hydrogen) atoms. The third-order valence-corrected chi connectivity index (χ3v) is 3.23. The lowest BCUT2D eigenvalue weighted by atomic mass is 10.3. The van der Waals surface area contributed by atoms with Crippen LogP contribution in [0.15, 0.2) is 55.1 Å². The average molecular weight is 339 g/mol. The van der Waals surface area contributed by atoms with E-state index in [1.54, 1.807) is 24.3 Å². The molecule has 9 heteroatoms. The molecule has 0 unspecified atom stereocenters. The highest BCUT2D eigenvalue weighted by Crippen LogP contribution is 2.25. The summed E-state index contributed by atoms with van der Waals surface area (Å²) in [5, 5.41) is 2.96. The van der Waals surface area contributed by atoms with E-state index in [2.05, 4.69) is 31.1 Å². The first-order valence-corrected chi connectivity index (χ1v) is 7.23. The average Bonchev–Trinajstić information content (AvgIpc) is 2.64. The number of halogens is 1. The summed E-state index contributed by atoms with van der Waals surface area (Å²) in [5.41, 5.74) is 12.4. The molecule has 0 saturated heterocycles. The van der Waals surface area contributed by atoms with Crippen molar-refractivity contribution in [3.63, 3.8) is 0 Å². The number of pyridine rings is 1. The Morgan fingerprint density at radius 1 is 1.00 bits per heavy atom. The summed E-state index contributed by atoms with van der Waals surface area (Å²) in [6, 6.07) is 8.87. The highest BCUT2D eigenvalue weighted by Gasteiger charge is 2.10. The van der Waals surface area contributed by atoms with E-state index >= 15 is 0 Å². The molecule has 0 radical (unpaired) electrons. The van der Waals surface area contributed by atoms with E-state index in [1.165, 1.54) is 30.9 Å². The number of nitrogens with two attached hydrogens (primary N) is 1. The molecule has 3 rings (SSSR count). The van der Waals surface area contributed by atoms with E-state index < -0.39 is 0 Å². The van der Waals surface area contributed by atoms with Gasteiger partial charge in [0.2, 0.25) is 0 Å². The van der Waals surface area contributed by atoms with Gasteiger partial charge in [0.05, 0.1) is 0 Å². The monoisotopic (exact) mass is 339 g/mol. The standard InChI is InChI=1S/C16H14FN7O/c17-11-1-3-12(4-2-11)22-14-13(18)15(21-9-20-14)23-24-16(25)10-5-7-19-8-6-10/h1-9H,18H2,(H,24,25)(H2,20,21,22,23). The van der Waals surface area contributed by atoms with Crippen molar-refractivity contribution in [2.75, 3.05) is 16.5 Å². The van der Waals surface area contributed by atoms with E-state index in [9.17, 15) is 9.18 Å². The van der Waals surface area contributed by atoms with Crippen LogP contribution in [0.4, 0.5) is 27.4 Å². The van der Waals surface area contributed by atoms with Gasteiger partial charge in [-0.1, -0.05) is 0 Å². The Bertz CT molecular complexity index is 871. The minimum absolute atomic E-state index is 0.196. The molecule has 2 heterocycles. The van der Waals surface area contributed by atoms with E-state index in [0.717, 1.165) is 0 Å². The zero-order valence-corrected chi connectivity index (χ0v) is 12.9. The molecular weight excluding hydrogens is 325 g/mol. The van der Waals surface area contributed by atoms with Gasteiger partial charge in [0.1, 0.15) is 17.8 Å². The van der Waals surface area contributed by atoms with Gasteiger partial charge in [-0.2, -0.15) is 0 Å². The second kappa shape index (κ2) is 7.21. The molecule has 5 N–H and O–H groups in total. The Kier molecular flexibility index (Phi) is 4.65. The van der Waals surface area contributed by atoms with E-state index in [1.807, 2.05) is 0 Å². The van der Waals surface area contributed by atoms with Crippen LogP contribution in [-0.4, -0.2) is 20.9 Å². The Balaban J connectivity index is 1.70. The lowest BCUT2D eigenvalue weighted by Crippen LogP contribution is -2.30. The fraction of sp³-hybridized carbons (Fsp3) is 0. The maximum Gasteiger partial charge on any atom is 0.269 e. The molecule has 0 aliphatic rings. The molecule has 126 valence electrons. The largest absolute Gasteiger partial charge is 0.393 e. The van der Waals surface area contributed by atoms with E-state index in [4.69, 9.17) is 5.73 Å². The highest BCUT2D eigenvalue weighted by molar-refractivity contribution is 5.95. The van der Waals surface area contributed by atoms with Crippen molar-refractivity contribution in [3.8, 4) is 0 Å². The number of nitrogens with zero attached hydrogens (tertiary/aromatic N) is 3. The number of hydrogen-bond acceptors (Lipinski definition) is 7. The van der Waals surface area contributed by atoms with Gasteiger partial charge in [0.25, 0.3) is 5.91 Å². The number of hydrazine groups is 1. The second-order valence-corrected chi connectivity index (χ2v) is 4.93. The third-order valence-electron chi connectivity index (χ3n) is 3.23. The van der Waals surface area contributed by atoms with Crippen LogP contribution >= 0.6 is 0 Å². The molecule has 0 spiro atoms. The number of hydrogen-bond donors (Lipinski definition) is 4. The summed E-state index contributed by atoms with van der Waals surface area (Å²) in [6.45, 7) is 0. The minimum atomic E-state index is -0.367. The van der Waals surface area contributed by atoms with Gasteiger partial charge >= 0.3 is 0 Å². The fourth-order valence-corrected chi connectivity index (χ4v) is 1.96. The van der Waals surface area contributed by atoms with Gasteiger partial charge in [-0.3, -0.25) is 20.6 Å². The van der Waals surface area contributed by atoms with Crippen molar-refractivity contribution in [2.45, 2.75) is 0 Å². The SMILES string of the molecule is Nc1c(NNC(=O)c2ccncc2)ncnc1Nc1ccc(F)cc1. The summed E-state index contributed by atoms with van der Waals surface area (Å²) < 4.78 is 13.0. The third kappa shape index (κ3) is 3.96. The van der Waals surface area contributed by atoms with Gasteiger partial charge in [0, 0.05) is 23.6 Å². The van der Waals surface area contributed by atoms with Crippen molar-refractivity contribution >= 4 is 28.9 Å². The van der Waals surface area contributed by atoms with Crippen molar-refractivity contribution in [1.82, 2.24) is 20.4 Å². The fourth-order valence-electron chi connectivity index (χ4n) is 1.96. The molecular formula is C16H14FN7O. The zero-order valence-electron chi connectivity index (χ0n) is 12.9. The Hall–Kier alpha value is -3.75. The highest BCUT2D eigenvalue weighted by atomic mass is 19.1. The number of carbonyl (C=O) groups is 1. The van der Waals surface area contributed by atoms with Crippen LogP contribution in [0.2, 0.25) is 0 Å². The zero-order chi connectivity index (χ0) is 17.6. The van der Waals surface area contributed by atoms with Crippen LogP contribution in [0.1, 0.15) is 10.4 Å². The molecule has 0 atom stereocenters. The molecule has 2 aromatic heterocycles. The van der Waals surface area contributed by atoms with Crippen LogP contribution < -0.4 is 21.9 Å². The summed E-state index contributed by atoms with van der Waals surface area (Å²) in [5.74, 6) is -0.167. The first-order valence-electron chi connectivity index (χ1n) is 7.23. The van der Waals surface area contributed by atoms with Crippen molar-refractivity contribution in [2.24, 2.45) is 0 Å². The smallest absolute Gasteiger partial charge is 0.269 e. The number of carbonyl (C=O) groups excluding carboxylic acids is 1. The number of aromatic nitrogens is 3. The van der Waals surface area contributed by atoms with Gasteiger partial charge < -0.3 is 11.1 Å².